The fraction of sp³-hybridized carbons (Fsp3) is 0.519. The molecule has 0 amide bonds. The maximum Gasteiger partial charge on any atom is 0.107 e. The summed E-state index contributed by atoms with van der Waals surface area (Å²) in [4.78, 5) is 2.63. The van der Waals surface area contributed by atoms with E-state index in [2.05, 4.69) is 73.3 Å². The van der Waals surface area contributed by atoms with Gasteiger partial charge in [-0.3, -0.25) is 0 Å². The molecule has 1 fully saturated rings. The molecule has 3 heteroatoms. The number of nitriles is 1. The first-order valence-corrected chi connectivity index (χ1v) is 11.4. The van der Waals surface area contributed by atoms with E-state index < -0.39 is 6.17 Å². The molecule has 3 atom stereocenters. The van der Waals surface area contributed by atoms with E-state index in [0.29, 0.717) is 6.04 Å². The van der Waals surface area contributed by atoms with Gasteiger partial charge in [-0.2, -0.15) is 5.26 Å². The Morgan fingerprint density at radius 1 is 1.00 bits per heavy atom. The van der Waals surface area contributed by atoms with Crippen LogP contribution in [0.25, 0.3) is 0 Å². The van der Waals surface area contributed by atoms with Gasteiger partial charge >= 0.3 is 0 Å². The van der Waals surface area contributed by atoms with Crippen molar-refractivity contribution < 1.29 is 4.39 Å². The number of halogens is 1. The third kappa shape index (κ3) is 7.26. The molecule has 0 aromatic heterocycles. The second-order valence-corrected chi connectivity index (χ2v) is 8.13. The summed E-state index contributed by atoms with van der Waals surface area (Å²) in [6.07, 6.45) is 5.71. The molecule has 162 valence electrons. The number of aryl methyl sites for hydroxylation is 1. The van der Waals surface area contributed by atoms with Crippen LogP contribution in [0.15, 0.2) is 54.6 Å². The van der Waals surface area contributed by atoms with Gasteiger partial charge in [-0.25, -0.2) is 4.39 Å². The maximum atomic E-state index is 13.6. The molecule has 0 spiro atoms. The van der Waals surface area contributed by atoms with E-state index >= 15 is 0 Å². The lowest BCUT2D eigenvalue weighted by atomic mass is 9.78. The van der Waals surface area contributed by atoms with Gasteiger partial charge in [-0.05, 0) is 61.8 Å². The van der Waals surface area contributed by atoms with Crippen LogP contribution in [-0.2, 0) is 12.8 Å². The van der Waals surface area contributed by atoms with Crippen LogP contribution >= 0.6 is 0 Å². The summed E-state index contributed by atoms with van der Waals surface area (Å²) in [5, 5.41) is 7.32. The Kier molecular flexibility index (Phi) is 10.6. The fourth-order valence-electron chi connectivity index (χ4n) is 4.26. The molecule has 0 saturated heterocycles. The van der Waals surface area contributed by atoms with E-state index in [1.807, 2.05) is 0 Å². The van der Waals surface area contributed by atoms with Crippen molar-refractivity contribution >= 4 is 0 Å². The van der Waals surface area contributed by atoms with Crippen molar-refractivity contribution in [2.75, 3.05) is 13.1 Å². The predicted octanol–water partition coefficient (Wildman–Crippen LogP) is 6.71. The fourth-order valence-corrected chi connectivity index (χ4v) is 4.26. The maximum absolute atomic E-state index is 13.6. The zero-order chi connectivity index (χ0) is 21.8. The quantitative estimate of drug-likeness (QED) is 0.437. The summed E-state index contributed by atoms with van der Waals surface area (Å²) in [5.41, 5.74) is 3.98. The van der Waals surface area contributed by atoms with Crippen LogP contribution in [0.1, 0.15) is 69.1 Å². The van der Waals surface area contributed by atoms with Crippen LogP contribution in [0.5, 0.6) is 0 Å². The van der Waals surface area contributed by atoms with Gasteiger partial charge in [0.25, 0.3) is 0 Å². The second kappa shape index (κ2) is 13.2. The second-order valence-electron chi connectivity index (χ2n) is 8.13. The van der Waals surface area contributed by atoms with Gasteiger partial charge in [0.1, 0.15) is 6.17 Å². The Morgan fingerprint density at radius 3 is 2.13 bits per heavy atom. The first-order valence-electron chi connectivity index (χ1n) is 11.4. The topological polar surface area (TPSA) is 27.0 Å². The molecule has 3 unspecified atom stereocenters. The summed E-state index contributed by atoms with van der Waals surface area (Å²) in [6, 6.07) is 21.9. The number of alkyl halides is 1. The minimum absolute atomic E-state index is 0.149. The molecule has 3 rings (SSSR count). The first kappa shape index (κ1) is 24.1. The highest BCUT2D eigenvalue weighted by Crippen LogP contribution is 2.39. The van der Waals surface area contributed by atoms with Crippen molar-refractivity contribution in [1.29, 1.82) is 5.26 Å². The van der Waals surface area contributed by atoms with Crippen molar-refractivity contribution in [1.82, 2.24) is 4.90 Å². The Balaban J connectivity index is 0.00000101. The standard InChI is InChI=1S/C25H34FN.C2H3N/c1-3-23(27(4-2)19-18-20-8-6-5-7-9-20)15-12-21-10-13-22(14-11-21)24-16-17-25(24)26;1-2-3/h5-11,13-14,23-25H,3-4,12,15-19H2,1-2H3;1H3. The van der Waals surface area contributed by atoms with Crippen molar-refractivity contribution in [3.63, 3.8) is 0 Å². The Hall–Kier alpha value is -2.18. The normalized spacial score (nSPS) is 18.7. The van der Waals surface area contributed by atoms with Gasteiger partial charge in [0.2, 0.25) is 0 Å². The monoisotopic (exact) mass is 408 g/mol. The molecule has 2 aromatic carbocycles. The van der Waals surface area contributed by atoms with Gasteiger partial charge in [-0.1, -0.05) is 68.4 Å². The van der Waals surface area contributed by atoms with E-state index in [0.717, 1.165) is 38.8 Å². The van der Waals surface area contributed by atoms with Gasteiger partial charge in [0.15, 0.2) is 0 Å². The molecule has 0 N–H and O–H groups in total. The molecule has 0 aliphatic heterocycles. The summed E-state index contributed by atoms with van der Waals surface area (Å²) < 4.78 is 13.6. The highest BCUT2D eigenvalue weighted by Gasteiger charge is 2.31. The minimum atomic E-state index is -0.622. The lowest BCUT2D eigenvalue weighted by molar-refractivity contribution is 0.170. The molecule has 1 saturated carbocycles. The van der Waals surface area contributed by atoms with Crippen molar-refractivity contribution in [2.24, 2.45) is 0 Å². The number of benzene rings is 2. The van der Waals surface area contributed by atoms with Crippen LogP contribution in [0.4, 0.5) is 4.39 Å². The average molecular weight is 409 g/mol. The zero-order valence-electron chi connectivity index (χ0n) is 18.9. The zero-order valence-corrected chi connectivity index (χ0v) is 18.9. The van der Waals surface area contributed by atoms with Crippen LogP contribution in [0.2, 0.25) is 0 Å². The van der Waals surface area contributed by atoms with Gasteiger partial charge < -0.3 is 4.90 Å². The molecule has 1 aliphatic rings. The van der Waals surface area contributed by atoms with Gasteiger partial charge in [0, 0.05) is 25.4 Å². The molecule has 1 aliphatic carbocycles. The summed E-state index contributed by atoms with van der Waals surface area (Å²) in [7, 11) is 0. The first-order chi connectivity index (χ1) is 14.6. The minimum Gasteiger partial charge on any atom is -0.300 e. The van der Waals surface area contributed by atoms with Gasteiger partial charge in [0.05, 0.1) is 6.07 Å². The van der Waals surface area contributed by atoms with Gasteiger partial charge in [-0.15, -0.1) is 0 Å². The van der Waals surface area contributed by atoms with E-state index in [9.17, 15) is 4.39 Å². The number of hydrogen-bond donors (Lipinski definition) is 0. The molecule has 30 heavy (non-hydrogen) atoms. The molecule has 0 heterocycles. The number of hydrogen-bond acceptors (Lipinski definition) is 2. The Bertz CT molecular complexity index is 751. The largest absolute Gasteiger partial charge is 0.300 e. The predicted molar refractivity (Wildman–Crippen MR) is 124 cm³/mol. The third-order valence-corrected chi connectivity index (χ3v) is 6.29. The third-order valence-electron chi connectivity index (χ3n) is 6.29. The Labute approximate surface area is 182 Å². The van der Waals surface area contributed by atoms with E-state index in [-0.39, 0.29) is 5.92 Å². The number of rotatable bonds is 10. The Morgan fingerprint density at radius 2 is 1.63 bits per heavy atom. The SMILES string of the molecule is CC#N.CCC(CCc1ccc(C2CCC2F)cc1)N(CC)CCc1ccccc1. The number of likely N-dealkylation sites (N-methyl/N-ethyl adjacent to an activating group) is 1. The highest BCUT2D eigenvalue weighted by molar-refractivity contribution is 5.28. The molecule has 2 aromatic rings. The molecule has 0 bridgehead atoms. The lowest BCUT2D eigenvalue weighted by Crippen LogP contribution is -2.36. The van der Waals surface area contributed by atoms with Crippen LogP contribution in [0, 0.1) is 11.3 Å². The van der Waals surface area contributed by atoms with E-state index in [4.69, 9.17) is 5.26 Å². The number of nitrogens with zero attached hydrogens (tertiary/aromatic N) is 2. The van der Waals surface area contributed by atoms with Crippen molar-refractivity contribution in [3.8, 4) is 6.07 Å². The molecular weight excluding hydrogens is 371 g/mol. The summed E-state index contributed by atoms with van der Waals surface area (Å²) in [5.74, 6) is 0.149. The summed E-state index contributed by atoms with van der Waals surface area (Å²) >= 11 is 0. The summed E-state index contributed by atoms with van der Waals surface area (Å²) in [6.45, 7) is 8.23. The molecular formula is C27H37FN2. The van der Waals surface area contributed by atoms with Crippen molar-refractivity contribution in [2.45, 2.75) is 77.4 Å². The van der Waals surface area contributed by atoms with Crippen LogP contribution < -0.4 is 0 Å². The molecule has 2 nitrogen and oxygen atoms in total. The van der Waals surface area contributed by atoms with E-state index in [1.165, 1.54) is 36.5 Å². The highest BCUT2D eigenvalue weighted by atomic mass is 19.1. The molecule has 0 radical (unpaired) electrons. The van der Waals surface area contributed by atoms with Crippen molar-refractivity contribution in [3.05, 3.63) is 71.3 Å². The van der Waals surface area contributed by atoms with Crippen LogP contribution in [-0.4, -0.2) is 30.2 Å². The average Bonchev–Trinajstić information content (AvgIpc) is 2.77. The van der Waals surface area contributed by atoms with E-state index in [1.54, 1.807) is 6.07 Å². The van der Waals surface area contributed by atoms with Crippen LogP contribution in [0.3, 0.4) is 0 Å². The smallest absolute Gasteiger partial charge is 0.107 e. The lowest BCUT2D eigenvalue weighted by Gasteiger charge is -2.31.